The zero-order valence-electron chi connectivity index (χ0n) is 10.1. The predicted octanol–water partition coefficient (Wildman–Crippen LogP) is 1.30. The molecule has 0 aliphatic heterocycles. The molecule has 4 heteroatoms. The van der Waals surface area contributed by atoms with Crippen molar-refractivity contribution in [1.29, 1.82) is 0 Å². The van der Waals surface area contributed by atoms with Gasteiger partial charge in [0.15, 0.2) is 0 Å². The minimum atomic E-state index is -0.126. The van der Waals surface area contributed by atoms with Gasteiger partial charge >= 0.3 is 5.97 Å². The van der Waals surface area contributed by atoms with Crippen LogP contribution in [0.1, 0.15) is 26.7 Å². The summed E-state index contributed by atoms with van der Waals surface area (Å²) in [6.45, 7) is 7.50. The smallest absolute Gasteiger partial charge is 0.307 e. The Morgan fingerprint density at radius 3 is 2.53 bits per heavy atom. The second-order valence-corrected chi connectivity index (χ2v) is 3.47. The molecule has 0 aromatic carbocycles. The Labute approximate surface area is 92.5 Å². The van der Waals surface area contributed by atoms with Crippen molar-refractivity contribution in [3.8, 4) is 0 Å². The fourth-order valence-electron chi connectivity index (χ4n) is 1.09. The van der Waals surface area contributed by atoms with E-state index in [1.165, 1.54) is 0 Å². The molecule has 0 fully saturated rings. The number of nitrogens with zero attached hydrogens (tertiary/aromatic N) is 1. The van der Waals surface area contributed by atoms with Gasteiger partial charge in [-0.3, -0.25) is 4.79 Å². The topological polar surface area (TPSA) is 38.8 Å². The molecule has 4 nitrogen and oxygen atoms in total. The molecule has 0 atom stereocenters. The largest absolute Gasteiger partial charge is 0.466 e. The molecule has 0 amide bonds. The van der Waals surface area contributed by atoms with Crippen molar-refractivity contribution < 1.29 is 14.3 Å². The fourth-order valence-corrected chi connectivity index (χ4v) is 1.09. The summed E-state index contributed by atoms with van der Waals surface area (Å²) in [7, 11) is 1.98. The molecule has 0 aromatic heterocycles. The molecular formula is C11H23NO3. The van der Waals surface area contributed by atoms with E-state index in [0.29, 0.717) is 13.0 Å². The third kappa shape index (κ3) is 9.69. The molecule has 0 rings (SSSR count). The lowest BCUT2D eigenvalue weighted by Gasteiger charge is -2.15. The molecule has 15 heavy (non-hydrogen) atoms. The quantitative estimate of drug-likeness (QED) is 0.431. The lowest BCUT2D eigenvalue weighted by Crippen LogP contribution is -2.26. The van der Waals surface area contributed by atoms with Crippen molar-refractivity contribution in [1.82, 2.24) is 4.90 Å². The number of carbonyl (C=O) groups is 1. The summed E-state index contributed by atoms with van der Waals surface area (Å²) in [6, 6.07) is 0. The number of hydrogen-bond donors (Lipinski definition) is 0. The Morgan fingerprint density at radius 1 is 1.20 bits per heavy atom. The third-order valence-electron chi connectivity index (χ3n) is 1.97. The Kier molecular flexibility index (Phi) is 9.52. The number of esters is 1. The van der Waals surface area contributed by atoms with E-state index >= 15 is 0 Å². The maximum atomic E-state index is 11.0. The van der Waals surface area contributed by atoms with Crippen LogP contribution in [0.3, 0.4) is 0 Å². The molecule has 0 unspecified atom stereocenters. The second kappa shape index (κ2) is 9.93. The summed E-state index contributed by atoms with van der Waals surface area (Å²) in [4.78, 5) is 13.1. The summed E-state index contributed by atoms with van der Waals surface area (Å²) in [5.41, 5.74) is 0. The first-order valence-electron chi connectivity index (χ1n) is 5.62. The number of likely N-dealkylation sites (N-methyl/N-ethyl adjacent to an activating group) is 1. The van der Waals surface area contributed by atoms with Crippen LogP contribution in [0.4, 0.5) is 0 Å². The van der Waals surface area contributed by atoms with Crippen LogP contribution in [0.5, 0.6) is 0 Å². The molecule has 0 heterocycles. The van der Waals surface area contributed by atoms with E-state index in [1.54, 1.807) is 0 Å². The van der Waals surface area contributed by atoms with Gasteiger partial charge in [0, 0.05) is 19.7 Å². The number of hydrogen-bond acceptors (Lipinski definition) is 4. The van der Waals surface area contributed by atoms with E-state index in [4.69, 9.17) is 9.47 Å². The Morgan fingerprint density at radius 2 is 1.93 bits per heavy atom. The van der Waals surface area contributed by atoms with Crippen molar-refractivity contribution in [2.75, 3.05) is 40.0 Å². The molecule has 0 radical (unpaired) electrons. The van der Waals surface area contributed by atoms with Crippen LogP contribution >= 0.6 is 0 Å². The highest BCUT2D eigenvalue weighted by molar-refractivity contribution is 5.69. The summed E-state index contributed by atoms with van der Waals surface area (Å²) >= 11 is 0. The molecule has 90 valence electrons. The van der Waals surface area contributed by atoms with E-state index in [-0.39, 0.29) is 5.97 Å². The zero-order chi connectivity index (χ0) is 11.5. The van der Waals surface area contributed by atoms with Crippen LogP contribution in [-0.2, 0) is 14.3 Å². The standard InChI is InChI=1S/C11H23NO3/c1-4-9-14-10-8-12(3)7-6-11(13)15-5-2/h4-10H2,1-3H3. The van der Waals surface area contributed by atoms with E-state index in [1.807, 2.05) is 14.0 Å². The van der Waals surface area contributed by atoms with Crippen molar-refractivity contribution in [3.63, 3.8) is 0 Å². The predicted molar refractivity (Wildman–Crippen MR) is 59.9 cm³/mol. The highest BCUT2D eigenvalue weighted by atomic mass is 16.5. The minimum Gasteiger partial charge on any atom is -0.466 e. The number of rotatable bonds is 9. The highest BCUT2D eigenvalue weighted by Crippen LogP contribution is 1.91. The highest BCUT2D eigenvalue weighted by Gasteiger charge is 2.04. The summed E-state index contributed by atoms with van der Waals surface area (Å²) < 4.78 is 10.2. The molecule has 0 bridgehead atoms. The number of carbonyl (C=O) groups excluding carboxylic acids is 1. The summed E-state index contributed by atoms with van der Waals surface area (Å²) in [5, 5.41) is 0. The Bertz CT molecular complexity index is 162. The number of ether oxygens (including phenoxy) is 2. The summed E-state index contributed by atoms with van der Waals surface area (Å²) in [6.07, 6.45) is 1.50. The van der Waals surface area contributed by atoms with Crippen LogP contribution in [-0.4, -0.2) is 50.8 Å². The van der Waals surface area contributed by atoms with Crippen LogP contribution in [0.2, 0.25) is 0 Å². The van der Waals surface area contributed by atoms with Gasteiger partial charge in [0.25, 0.3) is 0 Å². The van der Waals surface area contributed by atoms with Crippen LogP contribution in [0.25, 0.3) is 0 Å². The molecule has 0 N–H and O–H groups in total. The van der Waals surface area contributed by atoms with Gasteiger partial charge in [-0.15, -0.1) is 0 Å². The Hall–Kier alpha value is -0.610. The second-order valence-electron chi connectivity index (χ2n) is 3.47. The molecule has 0 saturated heterocycles. The molecular weight excluding hydrogens is 194 g/mol. The maximum Gasteiger partial charge on any atom is 0.307 e. The average Bonchev–Trinajstić information content (AvgIpc) is 2.22. The maximum absolute atomic E-state index is 11.0. The van der Waals surface area contributed by atoms with Crippen LogP contribution in [0, 0.1) is 0 Å². The molecule has 0 aromatic rings. The minimum absolute atomic E-state index is 0.126. The molecule has 0 saturated carbocycles. The third-order valence-corrected chi connectivity index (χ3v) is 1.97. The van der Waals surface area contributed by atoms with Gasteiger partial charge in [-0.05, 0) is 20.4 Å². The van der Waals surface area contributed by atoms with Gasteiger partial charge in [0.1, 0.15) is 0 Å². The first kappa shape index (κ1) is 14.4. The SMILES string of the molecule is CCCOCCN(C)CCC(=O)OCC. The lowest BCUT2D eigenvalue weighted by molar-refractivity contribution is -0.143. The van der Waals surface area contributed by atoms with Gasteiger partial charge in [-0.2, -0.15) is 0 Å². The van der Waals surface area contributed by atoms with Gasteiger partial charge < -0.3 is 14.4 Å². The van der Waals surface area contributed by atoms with Crippen LogP contribution < -0.4 is 0 Å². The van der Waals surface area contributed by atoms with Crippen molar-refractivity contribution in [3.05, 3.63) is 0 Å². The lowest BCUT2D eigenvalue weighted by atomic mass is 10.4. The van der Waals surface area contributed by atoms with E-state index in [9.17, 15) is 4.79 Å². The van der Waals surface area contributed by atoms with E-state index in [2.05, 4.69) is 11.8 Å². The van der Waals surface area contributed by atoms with Gasteiger partial charge in [-0.25, -0.2) is 0 Å². The molecule has 0 aliphatic rings. The van der Waals surface area contributed by atoms with Crippen molar-refractivity contribution in [2.24, 2.45) is 0 Å². The fraction of sp³-hybridized carbons (Fsp3) is 0.909. The first-order chi connectivity index (χ1) is 7.20. The summed E-state index contributed by atoms with van der Waals surface area (Å²) in [5.74, 6) is -0.126. The van der Waals surface area contributed by atoms with Crippen molar-refractivity contribution >= 4 is 5.97 Å². The average molecular weight is 217 g/mol. The first-order valence-corrected chi connectivity index (χ1v) is 5.62. The van der Waals surface area contributed by atoms with Gasteiger partial charge in [-0.1, -0.05) is 6.92 Å². The zero-order valence-corrected chi connectivity index (χ0v) is 10.1. The van der Waals surface area contributed by atoms with Gasteiger partial charge in [0.05, 0.1) is 19.6 Å². The molecule has 0 aliphatic carbocycles. The van der Waals surface area contributed by atoms with Crippen LogP contribution in [0.15, 0.2) is 0 Å². The monoisotopic (exact) mass is 217 g/mol. The molecule has 0 spiro atoms. The Balaban J connectivity index is 3.32. The van der Waals surface area contributed by atoms with E-state index < -0.39 is 0 Å². The van der Waals surface area contributed by atoms with Crippen molar-refractivity contribution in [2.45, 2.75) is 26.7 Å². The normalized spacial score (nSPS) is 10.7. The van der Waals surface area contributed by atoms with E-state index in [0.717, 1.165) is 32.7 Å². The van der Waals surface area contributed by atoms with Gasteiger partial charge in [0.2, 0.25) is 0 Å².